The van der Waals surface area contributed by atoms with Gasteiger partial charge in [0.2, 0.25) is 0 Å². The molecule has 4 rings (SSSR count). The number of hydrogen-bond acceptors (Lipinski definition) is 2. The summed E-state index contributed by atoms with van der Waals surface area (Å²) in [4.78, 5) is 0. The van der Waals surface area contributed by atoms with Gasteiger partial charge in [-0.1, -0.05) is 26.7 Å². The highest BCUT2D eigenvalue weighted by Gasteiger charge is 2.58. The summed E-state index contributed by atoms with van der Waals surface area (Å²) in [6, 6.07) is 0. The van der Waals surface area contributed by atoms with Gasteiger partial charge in [-0.3, -0.25) is 5.43 Å². The van der Waals surface area contributed by atoms with Crippen LogP contribution in [0.5, 0.6) is 0 Å². The van der Waals surface area contributed by atoms with E-state index in [2.05, 4.69) is 24.4 Å². The summed E-state index contributed by atoms with van der Waals surface area (Å²) in [6.07, 6.45) is 14.0. The summed E-state index contributed by atoms with van der Waals surface area (Å²) in [6.45, 7) is 5.12. The van der Waals surface area contributed by atoms with Gasteiger partial charge in [0.25, 0.3) is 0 Å². The average molecular weight is 348 g/mol. The Morgan fingerprint density at radius 2 is 1.92 bits per heavy atom. The molecule has 3 N–H and O–H groups in total. The molecule has 134 valence electrons. The topological polar surface area (TPSA) is 50.4 Å². The molecule has 6 atom stereocenters. The highest BCUT2D eigenvalue weighted by atomic mass is 32.1. The van der Waals surface area contributed by atoms with Crippen LogP contribution in [-0.2, 0) is 0 Å². The maximum atomic E-state index is 5.59. The largest absolute Gasteiger partial charge is 0.375 e. The highest BCUT2D eigenvalue weighted by molar-refractivity contribution is 7.80. The Hall–Kier alpha value is -0.640. The summed E-state index contributed by atoms with van der Waals surface area (Å²) in [5.74, 6) is 3.70. The van der Waals surface area contributed by atoms with Crippen molar-refractivity contribution < 1.29 is 0 Å². The highest BCUT2D eigenvalue weighted by Crippen LogP contribution is 2.65. The van der Waals surface area contributed by atoms with E-state index < -0.39 is 0 Å². The molecule has 4 fully saturated rings. The third-order valence-electron chi connectivity index (χ3n) is 8.63. The molecule has 24 heavy (non-hydrogen) atoms. The molecule has 4 aliphatic rings. The molecule has 0 aliphatic heterocycles. The van der Waals surface area contributed by atoms with E-state index >= 15 is 0 Å². The molecule has 0 spiro atoms. The molecule has 4 saturated carbocycles. The van der Waals surface area contributed by atoms with Gasteiger partial charge in [0.05, 0.1) is 0 Å². The summed E-state index contributed by atoms with van der Waals surface area (Å²) in [5, 5.41) is 4.91. The molecule has 3 nitrogen and oxygen atoms in total. The van der Waals surface area contributed by atoms with Crippen LogP contribution in [0.1, 0.15) is 78.1 Å². The monoisotopic (exact) mass is 347 g/mol. The number of hydrazone groups is 1. The maximum Gasteiger partial charge on any atom is 0.184 e. The molecule has 0 heterocycles. The van der Waals surface area contributed by atoms with Crippen molar-refractivity contribution in [3.05, 3.63) is 0 Å². The Labute approximate surface area is 152 Å². The summed E-state index contributed by atoms with van der Waals surface area (Å²) in [5.41, 5.74) is 10.7. The molecule has 0 saturated heterocycles. The van der Waals surface area contributed by atoms with Crippen molar-refractivity contribution >= 4 is 23.0 Å². The first-order valence-corrected chi connectivity index (χ1v) is 10.5. The minimum Gasteiger partial charge on any atom is -0.375 e. The Morgan fingerprint density at radius 3 is 2.71 bits per heavy atom. The zero-order chi connectivity index (χ0) is 16.9. The van der Waals surface area contributed by atoms with Crippen LogP contribution >= 0.6 is 12.2 Å². The van der Waals surface area contributed by atoms with E-state index in [0.717, 1.165) is 30.1 Å². The van der Waals surface area contributed by atoms with Crippen LogP contribution in [0, 0.1) is 34.5 Å². The van der Waals surface area contributed by atoms with Gasteiger partial charge in [0.15, 0.2) is 5.11 Å². The van der Waals surface area contributed by atoms with Crippen LogP contribution < -0.4 is 11.2 Å². The molecule has 0 aromatic rings. The maximum absolute atomic E-state index is 5.59. The Bertz CT molecular complexity index is 559. The van der Waals surface area contributed by atoms with Gasteiger partial charge < -0.3 is 5.73 Å². The molecule has 0 radical (unpaired) electrons. The zero-order valence-corrected chi connectivity index (χ0v) is 16.1. The molecule has 0 aromatic carbocycles. The third kappa shape index (κ3) is 2.43. The third-order valence-corrected chi connectivity index (χ3v) is 8.72. The first-order chi connectivity index (χ1) is 11.4. The zero-order valence-electron chi connectivity index (χ0n) is 15.3. The fourth-order valence-corrected chi connectivity index (χ4v) is 7.44. The van der Waals surface area contributed by atoms with Gasteiger partial charge >= 0.3 is 0 Å². The first kappa shape index (κ1) is 16.8. The fourth-order valence-electron chi connectivity index (χ4n) is 7.39. The van der Waals surface area contributed by atoms with Crippen molar-refractivity contribution in [3.63, 3.8) is 0 Å². The summed E-state index contributed by atoms with van der Waals surface area (Å²) < 4.78 is 0. The van der Waals surface area contributed by atoms with Crippen molar-refractivity contribution in [2.45, 2.75) is 78.1 Å². The Kier molecular flexibility index (Phi) is 4.18. The van der Waals surface area contributed by atoms with E-state index in [4.69, 9.17) is 18.0 Å². The van der Waals surface area contributed by atoms with Crippen molar-refractivity contribution in [1.82, 2.24) is 5.43 Å². The normalized spacial score (nSPS) is 49.2. The molecular weight excluding hydrogens is 314 g/mol. The molecule has 4 aliphatic carbocycles. The molecule has 0 bridgehead atoms. The minimum atomic E-state index is 0.275. The molecule has 0 amide bonds. The van der Waals surface area contributed by atoms with Gasteiger partial charge in [0.1, 0.15) is 0 Å². The average Bonchev–Trinajstić information content (AvgIpc) is 2.89. The van der Waals surface area contributed by atoms with Gasteiger partial charge in [0, 0.05) is 11.1 Å². The van der Waals surface area contributed by atoms with Crippen LogP contribution in [0.3, 0.4) is 0 Å². The lowest BCUT2D eigenvalue weighted by atomic mass is 9.45. The number of thiocarbonyl (C=S) groups is 1. The van der Waals surface area contributed by atoms with Crippen LogP contribution in [0.15, 0.2) is 5.10 Å². The van der Waals surface area contributed by atoms with E-state index in [1.807, 2.05) is 0 Å². The van der Waals surface area contributed by atoms with Crippen molar-refractivity contribution in [2.75, 3.05) is 0 Å². The minimum absolute atomic E-state index is 0.275. The quantitative estimate of drug-likeness (QED) is 0.538. The Morgan fingerprint density at radius 1 is 1.08 bits per heavy atom. The SMILES string of the molecule is C[C@]12CCCC[C@@H]1CC[C@H]1[C@H]2CC[C@]2(C)/C(=N\NC(N)=S)CC[C@H]12. The lowest BCUT2D eigenvalue weighted by molar-refractivity contribution is -0.0936. The predicted octanol–water partition coefficient (Wildman–Crippen LogP) is 4.61. The molecular formula is C20H33N3S. The number of nitrogens with two attached hydrogens (primary N) is 1. The van der Waals surface area contributed by atoms with Crippen molar-refractivity contribution in [3.8, 4) is 0 Å². The molecule has 4 heteroatoms. The van der Waals surface area contributed by atoms with Gasteiger partial charge in [-0.05, 0) is 92.7 Å². The second-order valence-electron chi connectivity index (χ2n) is 9.43. The molecule has 0 unspecified atom stereocenters. The number of rotatable bonds is 1. The summed E-state index contributed by atoms with van der Waals surface area (Å²) in [7, 11) is 0. The smallest absolute Gasteiger partial charge is 0.184 e. The van der Waals surface area contributed by atoms with Gasteiger partial charge in [-0.15, -0.1) is 0 Å². The second kappa shape index (κ2) is 5.96. The number of nitrogens with one attached hydrogen (secondary N) is 1. The van der Waals surface area contributed by atoms with Crippen molar-refractivity contribution in [2.24, 2.45) is 45.3 Å². The predicted molar refractivity (Wildman–Crippen MR) is 104 cm³/mol. The van der Waals surface area contributed by atoms with E-state index in [-0.39, 0.29) is 5.41 Å². The van der Waals surface area contributed by atoms with Crippen LogP contribution in [0.4, 0.5) is 0 Å². The van der Waals surface area contributed by atoms with Gasteiger partial charge in [-0.2, -0.15) is 5.10 Å². The van der Waals surface area contributed by atoms with Gasteiger partial charge in [-0.25, -0.2) is 0 Å². The standard InChI is InChI=1S/C20H33N3S/c1-19-11-4-3-5-13(19)6-7-14-15-8-9-17(22-23-18(21)24)20(15,2)12-10-16(14)19/h13-16H,3-12H2,1-2H3,(H3,21,23,24)/b22-17-/t13-,14-,15-,16-,19+,20+/m1/s1. The second-order valence-corrected chi connectivity index (χ2v) is 9.87. The van der Waals surface area contributed by atoms with Crippen LogP contribution in [0.25, 0.3) is 0 Å². The number of hydrogen-bond donors (Lipinski definition) is 2. The fraction of sp³-hybridized carbons (Fsp3) is 0.900. The van der Waals surface area contributed by atoms with E-state index in [1.54, 1.807) is 0 Å². The van der Waals surface area contributed by atoms with E-state index in [9.17, 15) is 0 Å². The number of fused-ring (bicyclic) bond motifs is 5. The van der Waals surface area contributed by atoms with E-state index in [0.29, 0.717) is 10.5 Å². The lowest BCUT2D eigenvalue weighted by Crippen LogP contribution is -2.52. The van der Waals surface area contributed by atoms with Crippen molar-refractivity contribution in [1.29, 1.82) is 0 Å². The van der Waals surface area contributed by atoms with Crippen LogP contribution in [-0.4, -0.2) is 10.8 Å². The van der Waals surface area contributed by atoms with Crippen LogP contribution in [0.2, 0.25) is 0 Å². The number of nitrogens with zero attached hydrogens (tertiary/aromatic N) is 1. The van der Waals surface area contributed by atoms with E-state index in [1.165, 1.54) is 63.5 Å². The Balaban J connectivity index is 1.59. The summed E-state index contributed by atoms with van der Waals surface area (Å²) >= 11 is 4.94. The first-order valence-electron chi connectivity index (χ1n) is 10.1. The lowest BCUT2D eigenvalue weighted by Gasteiger charge is -2.59. The molecule has 0 aromatic heterocycles.